The largest absolute Gasteiger partial charge is 0.381 e. The summed E-state index contributed by atoms with van der Waals surface area (Å²) in [6.07, 6.45) is 1.86. The highest BCUT2D eigenvalue weighted by Gasteiger charge is 2.20. The van der Waals surface area contributed by atoms with Gasteiger partial charge in [-0.05, 0) is 12.3 Å². The highest BCUT2D eigenvalue weighted by molar-refractivity contribution is 7.13. The summed E-state index contributed by atoms with van der Waals surface area (Å²) in [5.74, 6) is 1.65. The second-order valence-corrected chi connectivity index (χ2v) is 4.91. The molecule has 3 heterocycles. The fraction of sp³-hybridized carbons (Fsp3) is 0.500. The zero-order valence-electron chi connectivity index (χ0n) is 9.13. The first kappa shape index (κ1) is 10.7. The van der Waals surface area contributed by atoms with E-state index in [4.69, 9.17) is 15.0 Å². The quantitative estimate of drug-likeness (QED) is 0.887. The molecule has 1 aliphatic rings. The van der Waals surface area contributed by atoms with Crippen LogP contribution in [-0.4, -0.2) is 28.3 Å². The first-order chi connectivity index (χ1) is 8.31. The number of nitrogens with two attached hydrogens (primary N) is 1. The van der Waals surface area contributed by atoms with Crippen molar-refractivity contribution in [2.24, 2.45) is 5.92 Å². The Morgan fingerprint density at radius 3 is 3.12 bits per heavy atom. The molecule has 0 aromatic carbocycles. The second-order valence-electron chi connectivity index (χ2n) is 4.02. The minimum absolute atomic E-state index is 0.437. The van der Waals surface area contributed by atoms with E-state index in [1.807, 2.05) is 5.38 Å². The SMILES string of the molecule is Nc1nc(-c2nc(CC3CCOC3)no2)cs1. The number of thiazole rings is 1. The summed E-state index contributed by atoms with van der Waals surface area (Å²) < 4.78 is 10.5. The summed E-state index contributed by atoms with van der Waals surface area (Å²) in [6.45, 7) is 1.62. The van der Waals surface area contributed by atoms with Crippen molar-refractivity contribution in [3.63, 3.8) is 0 Å². The lowest BCUT2D eigenvalue weighted by Gasteiger charge is -2.00. The van der Waals surface area contributed by atoms with Crippen molar-refractivity contribution in [1.82, 2.24) is 15.1 Å². The number of rotatable bonds is 3. The van der Waals surface area contributed by atoms with Gasteiger partial charge in [-0.3, -0.25) is 0 Å². The molecule has 90 valence electrons. The fourth-order valence-electron chi connectivity index (χ4n) is 1.83. The maximum absolute atomic E-state index is 5.56. The summed E-state index contributed by atoms with van der Waals surface area (Å²) in [4.78, 5) is 8.41. The van der Waals surface area contributed by atoms with Crippen LogP contribution in [0.3, 0.4) is 0 Å². The van der Waals surface area contributed by atoms with E-state index in [-0.39, 0.29) is 0 Å². The van der Waals surface area contributed by atoms with Crippen LogP contribution in [0.25, 0.3) is 11.6 Å². The molecule has 0 aliphatic carbocycles. The van der Waals surface area contributed by atoms with Crippen molar-refractivity contribution >= 4 is 16.5 Å². The highest BCUT2D eigenvalue weighted by atomic mass is 32.1. The third kappa shape index (κ3) is 2.29. The van der Waals surface area contributed by atoms with Crippen LogP contribution < -0.4 is 5.73 Å². The number of hydrogen-bond donors (Lipinski definition) is 1. The van der Waals surface area contributed by atoms with Crippen molar-refractivity contribution in [3.05, 3.63) is 11.2 Å². The fourth-order valence-corrected chi connectivity index (χ4v) is 2.37. The zero-order valence-corrected chi connectivity index (χ0v) is 9.94. The van der Waals surface area contributed by atoms with Gasteiger partial charge in [0, 0.05) is 25.0 Å². The number of ether oxygens (including phenoxy) is 1. The van der Waals surface area contributed by atoms with Gasteiger partial charge in [0.2, 0.25) is 0 Å². The van der Waals surface area contributed by atoms with Gasteiger partial charge in [0.05, 0.1) is 0 Å². The minimum Gasteiger partial charge on any atom is -0.381 e. The van der Waals surface area contributed by atoms with Gasteiger partial charge in [-0.1, -0.05) is 5.16 Å². The van der Waals surface area contributed by atoms with Gasteiger partial charge >= 0.3 is 0 Å². The number of nitrogen functional groups attached to an aromatic ring is 1. The van der Waals surface area contributed by atoms with Crippen LogP contribution in [0, 0.1) is 5.92 Å². The molecule has 1 fully saturated rings. The van der Waals surface area contributed by atoms with Crippen molar-refractivity contribution in [3.8, 4) is 11.6 Å². The predicted octanol–water partition coefficient (Wildman–Crippen LogP) is 1.35. The number of hydrogen-bond acceptors (Lipinski definition) is 7. The van der Waals surface area contributed by atoms with E-state index in [9.17, 15) is 0 Å². The van der Waals surface area contributed by atoms with Gasteiger partial charge in [0.15, 0.2) is 11.0 Å². The van der Waals surface area contributed by atoms with Crippen molar-refractivity contribution in [1.29, 1.82) is 0 Å². The van der Waals surface area contributed by atoms with Crippen molar-refractivity contribution in [2.75, 3.05) is 18.9 Å². The summed E-state index contributed by atoms with van der Waals surface area (Å²) in [6, 6.07) is 0. The molecule has 1 atom stereocenters. The zero-order chi connectivity index (χ0) is 11.7. The monoisotopic (exact) mass is 252 g/mol. The Hall–Kier alpha value is -1.47. The molecule has 0 radical (unpaired) electrons. The van der Waals surface area contributed by atoms with E-state index in [0.29, 0.717) is 28.5 Å². The van der Waals surface area contributed by atoms with Crippen LogP contribution in [0.15, 0.2) is 9.90 Å². The number of anilines is 1. The van der Waals surface area contributed by atoms with Crippen LogP contribution in [0.2, 0.25) is 0 Å². The Morgan fingerprint density at radius 1 is 1.47 bits per heavy atom. The molecule has 1 unspecified atom stereocenters. The van der Waals surface area contributed by atoms with Crippen LogP contribution in [0.5, 0.6) is 0 Å². The number of aromatic nitrogens is 3. The van der Waals surface area contributed by atoms with Crippen molar-refractivity contribution < 1.29 is 9.26 Å². The van der Waals surface area contributed by atoms with Crippen LogP contribution in [0.4, 0.5) is 5.13 Å². The van der Waals surface area contributed by atoms with Crippen LogP contribution in [0.1, 0.15) is 12.2 Å². The van der Waals surface area contributed by atoms with E-state index in [0.717, 1.165) is 26.1 Å². The van der Waals surface area contributed by atoms with Gasteiger partial charge in [0.1, 0.15) is 5.69 Å². The van der Waals surface area contributed by atoms with Crippen LogP contribution >= 0.6 is 11.3 Å². The molecule has 2 N–H and O–H groups in total. The molecule has 2 aromatic heterocycles. The molecular formula is C10H12N4O2S. The molecule has 1 aliphatic heterocycles. The molecule has 17 heavy (non-hydrogen) atoms. The van der Waals surface area contributed by atoms with Gasteiger partial charge in [-0.25, -0.2) is 4.98 Å². The highest BCUT2D eigenvalue weighted by Crippen LogP contribution is 2.23. The summed E-state index contributed by atoms with van der Waals surface area (Å²) in [5.41, 5.74) is 6.20. The predicted molar refractivity (Wildman–Crippen MR) is 62.4 cm³/mol. The second kappa shape index (κ2) is 4.42. The normalized spacial score (nSPS) is 19.9. The molecule has 7 heteroatoms. The maximum atomic E-state index is 5.56. The summed E-state index contributed by atoms with van der Waals surface area (Å²) >= 11 is 1.36. The lowest BCUT2D eigenvalue weighted by atomic mass is 10.1. The van der Waals surface area contributed by atoms with E-state index in [2.05, 4.69) is 15.1 Å². The Balaban J connectivity index is 1.73. The van der Waals surface area contributed by atoms with E-state index in [1.165, 1.54) is 11.3 Å². The lowest BCUT2D eigenvalue weighted by Crippen LogP contribution is -2.04. The third-order valence-electron chi connectivity index (χ3n) is 2.70. The average Bonchev–Trinajstić information content (AvgIpc) is 2.99. The van der Waals surface area contributed by atoms with E-state index >= 15 is 0 Å². The van der Waals surface area contributed by atoms with E-state index < -0.39 is 0 Å². The topological polar surface area (TPSA) is 87.1 Å². The number of nitrogens with zero attached hydrogens (tertiary/aromatic N) is 3. The summed E-state index contributed by atoms with van der Waals surface area (Å²) in [7, 11) is 0. The summed E-state index contributed by atoms with van der Waals surface area (Å²) in [5, 5.41) is 6.26. The standard InChI is InChI=1S/C10H12N4O2S/c11-10-12-7(5-17-10)9-13-8(14-16-9)3-6-1-2-15-4-6/h5-6H,1-4H2,(H2,11,12). The lowest BCUT2D eigenvalue weighted by molar-refractivity contribution is 0.185. The van der Waals surface area contributed by atoms with Crippen LogP contribution in [-0.2, 0) is 11.2 Å². The molecule has 0 saturated carbocycles. The Morgan fingerprint density at radius 2 is 2.41 bits per heavy atom. The third-order valence-corrected chi connectivity index (χ3v) is 3.38. The molecule has 0 spiro atoms. The minimum atomic E-state index is 0.437. The van der Waals surface area contributed by atoms with Crippen molar-refractivity contribution in [2.45, 2.75) is 12.8 Å². The molecule has 0 amide bonds. The Bertz CT molecular complexity index is 504. The molecule has 3 rings (SSSR count). The maximum Gasteiger partial charge on any atom is 0.277 e. The van der Waals surface area contributed by atoms with Gasteiger partial charge in [0.25, 0.3) is 5.89 Å². The molecule has 1 saturated heterocycles. The van der Waals surface area contributed by atoms with Gasteiger partial charge in [-0.2, -0.15) is 4.98 Å². The molecular weight excluding hydrogens is 240 g/mol. The average molecular weight is 252 g/mol. The van der Waals surface area contributed by atoms with Gasteiger partial charge in [-0.15, -0.1) is 11.3 Å². The molecule has 6 nitrogen and oxygen atoms in total. The Kier molecular flexibility index (Phi) is 2.77. The smallest absolute Gasteiger partial charge is 0.277 e. The van der Waals surface area contributed by atoms with Gasteiger partial charge < -0.3 is 15.0 Å². The molecule has 2 aromatic rings. The first-order valence-electron chi connectivity index (χ1n) is 5.43. The Labute approximate surface area is 102 Å². The van der Waals surface area contributed by atoms with E-state index in [1.54, 1.807) is 0 Å². The first-order valence-corrected chi connectivity index (χ1v) is 6.31. The molecule has 0 bridgehead atoms.